The van der Waals surface area contributed by atoms with Crippen molar-refractivity contribution in [1.82, 2.24) is 4.90 Å². The lowest BCUT2D eigenvalue weighted by atomic mass is 10.1. The predicted octanol–water partition coefficient (Wildman–Crippen LogP) is 2.02. The van der Waals surface area contributed by atoms with E-state index in [9.17, 15) is 4.79 Å². The van der Waals surface area contributed by atoms with Crippen LogP contribution in [0.15, 0.2) is 35.3 Å². The molecule has 96 valence electrons. The minimum absolute atomic E-state index is 0.117. The molecule has 0 spiro atoms. The van der Waals surface area contributed by atoms with E-state index >= 15 is 0 Å². The molecule has 0 bridgehead atoms. The Hall–Kier alpha value is -1.84. The van der Waals surface area contributed by atoms with Gasteiger partial charge in [-0.15, -0.1) is 0 Å². The maximum atomic E-state index is 11.8. The predicted molar refractivity (Wildman–Crippen MR) is 70.5 cm³/mol. The number of nitrogens with zero attached hydrogens (tertiary/aromatic N) is 2. The minimum atomic E-state index is -0.292. The maximum absolute atomic E-state index is 11.8. The molecule has 2 unspecified atom stereocenters. The first-order chi connectivity index (χ1) is 8.74. The molecule has 0 fully saturated rings. The van der Waals surface area contributed by atoms with E-state index in [1.54, 1.807) is 6.34 Å². The molecule has 1 heterocycles. The van der Waals surface area contributed by atoms with Gasteiger partial charge in [-0.05, 0) is 19.4 Å². The average Bonchev–Trinajstić information content (AvgIpc) is 2.88. The van der Waals surface area contributed by atoms with Crippen LogP contribution in [-0.2, 0) is 9.53 Å². The van der Waals surface area contributed by atoms with Gasteiger partial charge in [-0.25, -0.2) is 4.79 Å². The van der Waals surface area contributed by atoms with Gasteiger partial charge < -0.3 is 9.64 Å². The Kier molecular flexibility index (Phi) is 3.97. The number of ether oxygens (including phenoxy) is 1. The van der Waals surface area contributed by atoms with Gasteiger partial charge in [-0.3, -0.25) is 4.99 Å². The van der Waals surface area contributed by atoms with Gasteiger partial charge in [-0.2, -0.15) is 0 Å². The number of benzene rings is 1. The van der Waals surface area contributed by atoms with E-state index < -0.39 is 0 Å². The molecule has 18 heavy (non-hydrogen) atoms. The van der Waals surface area contributed by atoms with E-state index in [4.69, 9.17) is 4.74 Å². The molecule has 1 aromatic carbocycles. The summed E-state index contributed by atoms with van der Waals surface area (Å²) in [6, 6.07) is 9.92. The Morgan fingerprint density at radius 2 is 2.22 bits per heavy atom. The van der Waals surface area contributed by atoms with Crippen LogP contribution in [0.3, 0.4) is 0 Å². The van der Waals surface area contributed by atoms with Crippen LogP contribution in [0, 0.1) is 0 Å². The lowest BCUT2D eigenvalue weighted by Gasteiger charge is -2.29. The Bertz CT molecular complexity index is 431. The molecule has 0 aromatic heterocycles. The van der Waals surface area contributed by atoms with Crippen molar-refractivity contribution in [2.24, 2.45) is 4.99 Å². The molecule has 0 saturated carbocycles. The molecule has 2 atom stereocenters. The largest absolute Gasteiger partial charge is 0.464 e. The van der Waals surface area contributed by atoms with Gasteiger partial charge >= 0.3 is 5.97 Å². The second-order valence-corrected chi connectivity index (χ2v) is 4.28. The monoisotopic (exact) mass is 246 g/mol. The SMILES string of the molecule is CCOC(=O)C1CN=CN1C(C)c1ccccc1. The molecule has 1 aromatic rings. The number of carbonyl (C=O) groups excluding carboxylic acids is 1. The zero-order valence-corrected chi connectivity index (χ0v) is 10.7. The first-order valence-electron chi connectivity index (χ1n) is 6.23. The molecular weight excluding hydrogens is 228 g/mol. The van der Waals surface area contributed by atoms with E-state index in [2.05, 4.69) is 24.0 Å². The first kappa shape index (κ1) is 12.6. The summed E-state index contributed by atoms with van der Waals surface area (Å²) >= 11 is 0. The van der Waals surface area contributed by atoms with Gasteiger partial charge in [0.05, 0.1) is 25.5 Å². The highest BCUT2D eigenvalue weighted by Crippen LogP contribution is 2.24. The van der Waals surface area contributed by atoms with Crippen molar-refractivity contribution >= 4 is 12.3 Å². The molecule has 0 amide bonds. The summed E-state index contributed by atoms with van der Waals surface area (Å²) in [5.74, 6) is -0.196. The fourth-order valence-electron chi connectivity index (χ4n) is 2.12. The molecule has 0 saturated heterocycles. The van der Waals surface area contributed by atoms with E-state index in [-0.39, 0.29) is 18.1 Å². The summed E-state index contributed by atoms with van der Waals surface area (Å²) < 4.78 is 5.08. The molecule has 1 aliphatic rings. The van der Waals surface area contributed by atoms with Crippen LogP contribution >= 0.6 is 0 Å². The van der Waals surface area contributed by atoms with Crippen molar-refractivity contribution in [3.8, 4) is 0 Å². The highest BCUT2D eigenvalue weighted by atomic mass is 16.5. The maximum Gasteiger partial charge on any atom is 0.330 e. The smallest absolute Gasteiger partial charge is 0.330 e. The molecule has 4 nitrogen and oxygen atoms in total. The minimum Gasteiger partial charge on any atom is -0.464 e. The van der Waals surface area contributed by atoms with Crippen LogP contribution < -0.4 is 0 Å². The molecule has 1 aliphatic heterocycles. The second-order valence-electron chi connectivity index (χ2n) is 4.28. The van der Waals surface area contributed by atoms with Crippen molar-refractivity contribution in [2.45, 2.75) is 25.9 Å². The third-order valence-electron chi connectivity index (χ3n) is 3.14. The lowest BCUT2D eigenvalue weighted by Crippen LogP contribution is -2.41. The number of esters is 1. The molecular formula is C14H18N2O2. The van der Waals surface area contributed by atoms with E-state index in [0.29, 0.717) is 13.2 Å². The van der Waals surface area contributed by atoms with Crippen LogP contribution in [0.2, 0.25) is 0 Å². The highest BCUT2D eigenvalue weighted by molar-refractivity contribution is 5.81. The third-order valence-corrected chi connectivity index (χ3v) is 3.14. The van der Waals surface area contributed by atoms with Gasteiger partial charge in [0, 0.05) is 0 Å². The molecule has 0 radical (unpaired) electrons. The van der Waals surface area contributed by atoms with Crippen LogP contribution in [0.25, 0.3) is 0 Å². The summed E-state index contributed by atoms with van der Waals surface area (Å²) in [6.45, 7) is 4.77. The normalized spacial score (nSPS) is 19.9. The summed E-state index contributed by atoms with van der Waals surface area (Å²) in [6.07, 6.45) is 1.75. The average molecular weight is 246 g/mol. The molecule has 0 aliphatic carbocycles. The highest BCUT2D eigenvalue weighted by Gasteiger charge is 2.32. The number of aliphatic imine (C=N–C) groups is 1. The Morgan fingerprint density at radius 3 is 2.89 bits per heavy atom. The fourth-order valence-corrected chi connectivity index (χ4v) is 2.12. The van der Waals surface area contributed by atoms with Crippen LogP contribution in [-0.4, -0.2) is 36.4 Å². The quantitative estimate of drug-likeness (QED) is 0.763. The molecule has 4 heteroatoms. The van der Waals surface area contributed by atoms with Crippen molar-refractivity contribution in [1.29, 1.82) is 0 Å². The van der Waals surface area contributed by atoms with Gasteiger partial charge in [0.2, 0.25) is 0 Å². The second kappa shape index (κ2) is 5.67. The Balaban J connectivity index is 2.12. The summed E-state index contributed by atoms with van der Waals surface area (Å²) in [7, 11) is 0. The topological polar surface area (TPSA) is 41.9 Å². The third kappa shape index (κ3) is 2.53. The summed E-state index contributed by atoms with van der Waals surface area (Å²) in [4.78, 5) is 18.0. The first-order valence-corrected chi connectivity index (χ1v) is 6.23. The van der Waals surface area contributed by atoms with Crippen molar-refractivity contribution in [2.75, 3.05) is 13.2 Å². The van der Waals surface area contributed by atoms with E-state index in [1.807, 2.05) is 30.0 Å². The van der Waals surface area contributed by atoms with E-state index in [1.165, 1.54) is 5.56 Å². The molecule has 2 rings (SSSR count). The van der Waals surface area contributed by atoms with Gasteiger partial charge in [0.15, 0.2) is 0 Å². The van der Waals surface area contributed by atoms with Crippen LogP contribution in [0.1, 0.15) is 25.5 Å². The Morgan fingerprint density at radius 1 is 1.50 bits per heavy atom. The number of carbonyl (C=O) groups is 1. The Labute approximate surface area is 107 Å². The van der Waals surface area contributed by atoms with Crippen LogP contribution in [0.5, 0.6) is 0 Å². The van der Waals surface area contributed by atoms with Crippen molar-refractivity contribution in [3.05, 3.63) is 35.9 Å². The lowest BCUT2D eigenvalue weighted by molar-refractivity contribution is -0.147. The number of hydrogen-bond acceptors (Lipinski definition) is 4. The number of hydrogen-bond donors (Lipinski definition) is 0. The number of rotatable bonds is 4. The van der Waals surface area contributed by atoms with Gasteiger partial charge in [0.1, 0.15) is 6.04 Å². The molecule has 0 N–H and O–H groups in total. The van der Waals surface area contributed by atoms with Gasteiger partial charge in [0.25, 0.3) is 0 Å². The zero-order valence-electron chi connectivity index (χ0n) is 10.7. The van der Waals surface area contributed by atoms with Crippen LogP contribution in [0.4, 0.5) is 0 Å². The zero-order chi connectivity index (χ0) is 13.0. The fraction of sp³-hybridized carbons (Fsp3) is 0.429. The van der Waals surface area contributed by atoms with Crippen molar-refractivity contribution < 1.29 is 9.53 Å². The van der Waals surface area contributed by atoms with E-state index in [0.717, 1.165) is 0 Å². The van der Waals surface area contributed by atoms with Crippen molar-refractivity contribution in [3.63, 3.8) is 0 Å². The summed E-state index contributed by atoms with van der Waals surface area (Å²) in [5, 5.41) is 0. The van der Waals surface area contributed by atoms with Gasteiger partial charge in [-0.1, -0.05) is 30.3 Å². The standard InChI is InChI=1S/C14H18N2O2/c1-3-18-14(17)13-9-15-10-16(13)11(2)12-7-5-4-6-8-12/h4-8,10-11,13H,3,9H2,1-2H3. The summed E-state index contributed by atoms with van der Waals surface area (Å²) in [5.41, 5.74) is 1.17.